The Balaban J connectivity index is 2.60. The first-order chi connectivity index (χ1) is 8.69. The lowest BCUT2D eigenvalue weighted by Gasteiger charge is -2.35. The summed E-state index contributed by atoms with van der Waals surface area (Å²) in [4.78, 5) is 13.9. The number of likely N-dealkylation sites (N-methyl/N-ethyl adjacent to an activating group) is 1. The van der Waals surface area contributed by atoms with Crippen LogP contribution < -0.4 is 0 Å². The quantitative estimate of drug-likeness (QED) is 0.520. The molecule has 0 N–H and O–H groups in total. The summed E-state index contributed by atoms with van der Waals surface area (Å²) in [6, 6.07) is 0. The molecule has 1 aliphatic rings. The Bertz CT molecular complexity index is 312. The van der Waals surface area contributed by atoms with E-state index in [1.165, 1.54) is 0 Å². The van der Waals surface area contributed by atoms with Crippen molar-refractivity contribution in [1.82, 2.24) is 4.90 Å². The second kappa shape index (κ2) is 6.61. The number of ether oxygens (including phenoxy) is 2. The van der Waals surface area contributed by atoms with Gasteiger partial charge in [0.25, 0.3) is 0 Å². The fourth-order valence-electron chi connectivity index (χ4n) is 1.73. The largest absolute Gasteiger partial charge is 0.444 e. The maximum absolute atomic E-state index is 12.1. The average molecular weight is 383 g/mol. The zero-order chi connectivity index (χ0) is 14.7. The van der Waals surface area contributed by atoms with Gasteiger partial charge >= 0.3 is 6.09 Å². The van der Waals surface area contributed by atoms with E-state index < -0.39 is 5.60 Å². The van der Waals surface area contributed by atoms with Gasteiger partial charge in [-0.3, -0.25) is 0 Å². The number of carbonyl (C=O) groups is 1. The lowest BCUT2D eigenvalue weighted by atomic mass is 10.1. The summed E-state index contributed by atoms with van der Waals surface area (Å²) in [6.07, 6.45) is 2.41. The van der Waals surface area contributed by atoms with Crippen molar-refractivity contribution < 1.29 is 14.3 Å². The van der Waals surface area contributed by atoms with Crippen LogP contribution in [0.1, 0.15) is 47.5 Å². The molecule has 0 bridgehead atoms. The summed E-state index contributed by atoms with van der Waals surface area (Å²) >= 11 is 2.32. The van der Waals surface area contributed by atoms with Crippen LogP contribution >= 0.6 is 22.6 Å². The van der Waals surface area contributed by atoms with Crippen LogP contribution in [-0.2, 0) is 9.47 Å². The molecule has 112 valence electrons. The Hall–Kier alpha value is -0.0400. The van der Waals surface area contributed by atoms with Crippen molar-refractivity contribution in [1.29, 1.82) is 0 Å². The van der Waals surface area contributed by atoms with Crippen LogP contribution in [-0.4, -0.2) is 45.8 Å². The third-order valence-electron chi connectivity index (χ3n) is 2.82. The van der Waals surface area contributed by atoms with Crippen LogP contribution in [0.2, 0.25) is 0 Å². The molecule has 1 amide bonds. The van der Waals surface area contributed by atoms with Gasteiger partial charge in [-0.05, 0) is 47.5 Å². The maximum atomic E-state index is 12.1. The molecule has 0 radical (unpaired) electrons. The SMILES string of the molecule is CCN(CC(C)(CI)OC1CC1)C(=O)OC(C)(C)C. The Kier molecular flexibility index (Phi) is 5.92. The average Bonchev–Trinajstić information content (AvgIpc) is 3.07. The van der Waals surface area contributed by atoms with Crippen molar-refractivity contribution in [3.05, 3.63) is 0 Å². The fourth-order valence-corrected chi connectivity index (χ4v) is 2.16. The molecule has 0 saturated heterocycles. The normalized spacial score (nSPS) is 18.8. The summed E-state index contributed by atoms with van der Waals surface area (Å²) in [7, 11) is 0. The Morgan fingerprint density at radius 3 is 2.26 bits per heavy atom. The molecule has 0 aromatic rings. The van der Waals surface area contributed by atoms with Gasteiger partial charge in [0.1, 0.15) is 5.60 Å². The third kappa shape index (κ3) is 6.29. The predicted octanol–water partition coefficient (Wildman–Crippen LogP) is 3.62. The highest BCUT2D eigenvalue weighted by Crippen LogP contribution is 2.31. The van der Waals surface area contributed by atoms with E-state index in [1.54, 1.807) is 4.90 Å². The van der Waals surface area contributed by atoms with Crippen molar-refractivity contribution in [3.63, 3.8) is 0 Å². The molecule has 0 aromatic heterocycles. The molecule has 1 atom stereocenters. The molecular weight excluding hydrogens is 357 g/mol. The van der Waals surface area contributed by atoms with Gasteiger partial charge in [-0.1, -0.05) is 22.6 Å². The highest BCUT2D eigenvalue weighted by Gasteiger charge is 2.36. The van der Waals surface area contributed by atoms with E-state index in [2.05, 4.69) is 29.5 Å². The minimum atomic E-state index is -0.456. The number of nitrogens with zero attached hydrogens (tertiary/aromatic N) is 1. The lowest BCUT2D eigenvalue weighted by Crippen LogP contribution is -2.48. The Morgan fingerprint density at radius 1 is 1.32 bits per heavy atom. The van der Waals surface area contributed by atoms with E-state index in [0.717, 1.165) is 17.3 Å². The van der Waals surface area contributed by atoms with Crippen molar-refractivity contribution in [2.75, 3.05) is 17.5 Å². The van der Waals surface area contributed by atoms with Crippen molar-refractivity contribution in [3.8, 4) is 0 Å². The number of carbonyl (C=O) groups excluding carboxylic acids is 1. The Morgan fingerprint density at radius 2 is 1.89 bits per heavy atom. The molecule has 1 fully saturated rings. The second-order valence-corrected chi connectivity index (χ2v) is 7.16. The van der Waals surface area contributed by atoms with Crippen molar-refractivity contribution >= 4 is 28.7 Å². The standard InChI is InChI=1S/C14H26INO3/c1-6-16(12(17)19-13(2,3)4)10-14(5,9-15)18-11-7-8-11/h11H,6-10H2,1-5H3. The number of alkyl halides is 1. The van der Waals surface area contributed by atoms with Gasteiger partial charge in [0.15, 0.2) is 0 Å². The first-order valence-electron chi connectivity index (χ1n) is 6.91. The van der Waals surface area contributed by atoms with Crippen molar-refractivity contribution in [2.24, 2.45) is 0 Å². The zero-order valence-corrected chi connectivity index (χ0v) is 14.8. The summed E-state index contributed by atoms with van der Waals surface area (Å²) in [5.74, 6) is 0. The first kappa shape index (κ1) is 17.0. The molecular formula is C14H26INO3. The van der Waals surface area contributed by atoms with Crippen LogP contribution in [0.5, 0.6) is 0 Å². The van der Waals surface area contributed by atoms with Crippen LogP contribution in [0.4, 0.5) is 4.79 Å². The molecule has 0 spiro atoms. The smallest absolute Gasteiger partial charge is 0.410 e. The van der Waals surface area contributed by atoms with E-state index >= 15 is 0 Å². The molecule has 1 unspecified atom stereocenters. The number of hydrogen-bond acceptors (Lipinski definition) is 3. The van der Waals surface area contributed by atoms with E-state index in [4.69, 9.17) is 9.47 Å². The zero-order valence-electron chi connectivity index (χ0n) is 12.7. The van der Waals surface area contributed by atoms with Gasteiger partial charge in [-0.25, -0.2) is 4.79 Å². The van der Waals surface area contributed by atoms with E-state index in [1.807, 2.05) is 27.7 Å². The van der Waals surface area contributed by atoms with Gasteiger partial charge in [-0.2, -0.15) is 0 Å². The highest BCUT2D eigenvalue weighted by atomic mass is 127. The van der Waals surface area contributed by atoms with Crippen LogP contribution in [0.3, 0.4) is 0 Å². The molecule has 19 heavy (non-hydrogen) atoms. The molecule has 0 heterocycles. The molecule has 1 aliphatic carbocycles. The van der Waals surface area contributed by atoms with Crippen LogP contribution in [0.15, 0.2) is 0 Å². The lowest BCUT2D eigenvalue weighted by molar-refractivity contribution is -0.0498. The van der Waals surface area contributed by atoms with Gasteiger partial charge in [-0.15, -0.1) is 0 Å². The molecule has 5 heteroatoms. The number of rotatable bonds is 6. The minimum absolute atomic E-state index is 0.259. The minimum Gasteiger partial charge on any atom is -0.444 e. The topological polar surface area (TPSA) is 38.8 Å². The van der Waals surface area contributed by atoms with Gasteiger partial charge in [0.2, 0.25) is 0 Å². The van der Waals surface area contributed by atoms with E-state index in [0.29, 0.717) is 19.2 Å². The molecule has 4 nitrogen and oxygen atoms in total. The molecule has 1 saturated carbocycles. The number of halogens is 1. The van der Waals surface area contributed by atoms with Gasteiger partial charge < -0.3 is 14.4 Å². The summed E-state index contributed by atoms with van der Waals surface area (Å²) in [5.41, 5.74) is -0.739. The summed E-state index contributed by atoms with van der Waals surface area (Å²) < 4.78 is 12.3. The number of hydrogen-bond donors (Lipinski definition) is 0. The van der Waals surface area contributed by atoms with E-state index in [9.17, 15) is 4.79 Å². The molecule has 1 rings (SSSR count). The first-order valence-corrected chi connectivity index (χ1v) is 8.43. The molecule has 0 aliphatic heterocycles. The summed E-state index contributed by atoms with van der Waals surface area (Å²) in [6.45, 7) is 10.9. The molecule has 0 aromatic carbocycles. The van der Waals surface area contributed by atoms with Gasteiger partial charge in [0, 0.05) is 11.0 Å². The maximum Gasteiger partial charge on any atom is 0.410 e. The van der Waals surface area contributed by atoms with Gasteiger partial charge in [0.05, 0.1) is 18.2 Å². The summed E-state index contributed by atoms with van der Waals surface area (Å²) in [5, 5.41) is 0. The third-order valence-corrected chi connectivity index (χ3v) is 4.43. The highest BCUT2D eigenvalue weighted by molar-refractivity contribution is 14.1. The predicted molar refractivity (Wildman–Crippen MR) is 84.9 cm³/mol. The monoisotopic (exact) mass is 383 g/mol. The number of amides is 1. The second-order valence-electron chi connectivity index (χ2n) is 6.40. The van der Waals surface area contributed by atoms with Crippen LogP contribution in [0, 0.1) is 0 Å². The van der Waals surface area contributed by atoms with E-state index in [-0.39, 0.29) is 11.7 Å². The Labute approximate surface area is 130 Å². The van der Waals surface area contributed by atoms with Crippen molar-refractivity contribution in [2.45, 2.75) is 64.8 Å². The fraction of sp³-hybridized carbons (Fsp3) is 0.929. The van der Waals surface area contributed by atoms with Crippen LogP contribution in [0.25, 0.3) is 0 Å².